The second-order valence-electron chi connectivity index (χ2n) is 3.04. The van der Waals surface area contributed by atoms with E-state index in [4.69, 9.17) is 14.3 Å². The zero-order chi connectivity index (χ0) is 10.6. The van der Waals surface area contributed by atoms with Crippen molar-refractivity contribution in [2.45, 2.75) is 32.6 Å². The molecule has 0 unspecified atom stereocenters. The Morgan fingerprint density at radius 1 is 1.50 bits per heavy atom. The fourth-order valence-electron chi connectivity index (χ4n) is 1.40. The van der Waals surface area contributed by atoms with E-state index in [0.717, 1.165) is 0 Å². The Labute approximate surface area is 83.9 Å². The zero-order valence-corrected chi connectivity index (χ0v) is 8.86. The van der Waals surface area contributed by atoms with E-state index in [1.807, 2.05) is 6.92 Å². The summed E-state index contributed by atoms with van der Waals surface area (Å²) in [6.07, 6.45) is 0.211. The first kappa shape index (κ1) is 11.4. The van der Waals surface area contributed by atoms with E-state index in [1.165, 1.54) is 5.06 Å². The first-order chi connectivity index (χ1) is 6.69. The smallest absolute Gasteiger partial charge is 0.325 e. The summed E-state index contributed by atoms with van der Waals surface area (Å²) in [4.78, 5) is 16.7. The first-order valence-corrected chi connectivity index (χ1v) is 4.86. The van der Waals surface area contributed by atoms with Gasteiger partial charge < -0.3 is 9.47 Å². The van der Waals surface area contributed by atoms with Crippen LogP contribution in [0.3, 0.4) is 0 Å². The normalized spacial score (nSPS) is 27.9. The lowest BCUT2D eigenvalue weighted by molar-refractivity contribution is -0.228. The third-order valence-electron chi connectivity index (χ3n) is 2.05. The highest BCUT2D eigenvalue weighted by Gasteiger charge is 2.37. The topological polar surface area (TPSA) is 48.0 Å². The molecule has 0 radical (unpaired) electrons. The monoisotopic (exact) mass is 203 g/mol. The number of esters is 1. The lowest BCUT2D eigenvalue weighted by atomic mass is 10.2. The van der Waals surface area contributed by atoms with Gasteiger partial charge in [-0.2, -0.15) is 5.06 Å². The Bertz CT molecular complexity index is 197. The molecule has 1 heterocycles. The molecule has 14 heavy (non-hydrogen) atoms. The molecule has 5 heteroatoms. The summed E-state index contributed by atoms with van der Waals surface area (Å²) < 4.78 is 10.2. The summed E-state index contributed by atoms with van der Waals surface area (Å²) in [6.45, 7) is 4.64. The largest absolute Gasteiger partial charge is 0.465 e. The fourth-order valence-corrected chi connectivity index (χ4v) is 1.40. The molecule has 0 aromatic rings. The number of hydroxylamine groups is 2. The summed E-state index contributed by atoms with van der Waals surface area (Å²) >= 11 is 0. The van der Waals surface area contributed by atoms with Crippen molar-refractivity contribution < 1.29 is 19.1 Å². The van der Waals surface area contributed by atoms with Gasteiger partial charge in [0.05, 0.1) is 6.61 Å². The highest BCUT2D eigenvalue weighted by molar-refractivity contribution is 5.75. The van der Waals surface area contributed by atoms with E-state index >= 15 is 0 Å². The molecule has 0 N–H and O–H groups in total. The van der Waals surface area contributed by atoms with Crippen LogP contribution in [-0.2, 0) is 19.1 Å². The number of rotatable bonds is 4. The quantitative estimate of drug-likeness (QED) is 0.624. The highest BCUT2D eigenvalue weighted by Crippen LogP contribution is 2.20. The lowest BCUT2D eigenvalue weighted by Gasteiger charge is -2.14. The van der Waals surface area contributed by atoms with Crippen LogP contribution in [-0.4, -0.2) is 43.6 Å². The van der Waals surface area contributed by atoms with Crippen LogP contribution in [0.4, 0.5) is 0 Å². The van der Waals surface area contributed by atoms with Crippen molar-refractivity contribution in [2.75, 3.05) is 20.3 Å². The van der Waals surface area contributed by atoms with Crippen LogP contribution in [0.15, 0.2) is 0 Å². The van der Waals surface area contributed by atoms with Crippen molar-refractivity contribution >= 4 is 5.97 Å². The Balaban J connectivity index is 2.43. The number of carbonyl (C=O) groups excluding carboxylic acids is 1. The van der Waals surface area contributed by atoms with Crippen LogP contribution in [0.25, 0.3) is 0 Å². The second kappa shape index (κ2) is 5.29. The lowest BCUT2D eigenvalue weighted by Crippen LogP contribution is -2.33. The Morgan fingerprint density at radius 2 is 2.21 bits per heavy atom. The van der Waals surface area contributed by atoms with Gasteiger partial charge in [-0.1, -0.05) is 0 Å². The molecule has 0 aromatic heterocycles. The van der Waals surface area contributed by atoms with Crippen LogP contribution in [0.1, 0.15) is 20.3 Å². The van der Waals surface area contributed by atoms with Gasteiger partial charge in [0.2, 0.25) is 0 Å². The van der Waals surface area contributed by atoms with Gasteiger partial charge in [-0.05, 0) is 13.8 Å². The van der Waals surface area contributed by atoms with Crippen molar-refractivity contribution in [3.63, 3.8) is 0 Å². The van der Waals surface area contributed by atoms with Crippen LogP contribution in [0.5, 0.6) is 0 Å². The Morgan fingerprint density at radius 3 is 2.79 bits per heavy atom. The number of likely N-dealkylation sites (N-methyl/N-ethyl adjacent to an activating group) is 1. The van der Waals surface area contributed by atoms with E-state index in [1.54, 1.807) is 14.0 Å². The Hall–Kier alpha value is -0.650. The second-order valence-corrected chi connectivity index (χ2v) is 3.04. The number of ether oxygens (including phenoxy) is 2. The predicted molar refractivity (Wildman–Crippen MR) is 49.3 cm³/mol. The number of carbonyl (C=O) groups is 1. The molecule has 0 saturated carbocycles. The van der Waals surface area contributed by atoms with E-state index < -0.39 is 0 Å². The van der Waals surface area contributed by atoms with Gasteiger partial charge in [0.15, 0.2) is 6.29 Å². The fraction of sp³-hybridized carbons (Fsp3) is 0.889. The molecule has 2 atom stereocenters. The molecule has 0 aliphatic carbocycles. The Kier molecular flexibility index (Phi) is 4.31. The van der Waals surface area contributed by atoms with Crippen molar-refractivity contribution in [1.82, 2.24) is 5.06 Å². The third-order valence-corrected chi connectivity index (χ3v) is 2.05. The molecular weight excluding hydrogens is 186 g/mol. The maximum atomic E-state index is 11.4. The van der Waals surface area contributed by atoms with E-state index in [0.29, 0.717) is 19.6 Å². The van der Waals surface area contributed by atoms with E-state index in [2.05, 4.69) is 0 Å². The molecule has 0 amide bonds. The van der Waals surface area contributed by atoms with Crippen molar-refractivity contribution in [2.24, 2.45) is 0 Å². The summed E-state index contributed by atoms with van der Waals surface area (Å²) in [5.74, 6) is -0.253. The molecule has 0 aromatic carbocycles. The molecule has 1 rings (SSSR count). The van der Waals surface area contributed by atoms with Gasteiger partial charge in [-0.3, -0.25) is 9.63 Å². The van der Waals surface area contributed by atoms with Crippen LogP contribution in [0, 0.1) is 0 Å². The average Bonchev–Trinajstić information content (AvgIpc) is 2.48. The molecule has 0 spiro atoms. The predicted octanol–water partition coefficient (Wildman–Crippen LogP) is 0.548. The molecule has 1 saturated heterocycles. The van der Waals surface area contributed by atoms with Gasteiger partial charge >= 0.3 is 5.97 Å². The molecule has 1 aliphatic rings. The maximum Gasteiger partial charge on any atom is 0.325 e. The minimum absolute atomic E-state index is 0.253. The van der Waals surface area contributed by atoms with E-state index in [9.17, 15) is 4.79 Å². The van der Waals surface area contributed by atoms with Gasteiger partial charge in [-0.25, -0.2) is 0 Å². The average molecular weight is 203 g/mol. The molecule has 5 nitrogen and oxygen atoms in total. The molecule has 1 fully saturated rings. The molecule has 82 valence electrons. The number of hydrogen-bond acceptors (Lipinski definition) is 5. The van der Waals surface area contributed by atoms with E-state index in [-0.39, 0.29) is 18.3 Å². The van der Waals surface area contributed by atoms with Gasteiger partial charge in [0.1, 0.15) is 6.04 Å². The molecule has 0 bridgehead atoms. The van der Waals surface area contributed by atoms with Gasteiger partial charge in [0, 0.05) is 20.1 Å². The van der Waals surface area contributed by atoms with Gasteiger partial charge in [0.25, 0.3) is 0 Å². The number of hydrogen-bond donors (Lipinski definition) is 0. The minimum atomic E-state index is -0.341. The maximum absolute atomic E-state index is 11.4. The minimum Gasteiger partial charge on any atom is -0.465 e. The number of nitrogens with zero attached hydrogens (tertiary/aromatic N) is 1. The highest BCUT2D eigenvalue weighted by atomic mass is 16.8. The third kappa shape index (κ3) is 2.67. The summed E-state index contributed by atoms with van der Waals surface area (Å²) in [5.41, 5.74) is 0. The van der Waals surface area contributed by atoms with Crippen molar-refractivity contribution in [3.8, 4) is 0 Å². The first-order valence-electron chi connectivity index (χ1n) is 4.86. The van der Waals surface area contributed by atoms with Crippen LogP contribution >= 0.6 is 0 Å². The molecule has 1 aliphatic heterocycles. The van der Waals surface area contributed by atoms with Crippen LogP contribution < -0.4 is 0 Å². The molecular formula is C9H17NO4. The van der Waals surface area contributed by atoms with Crippen molar-refractivity contribution in [3.05, 3.63) is 0 Å². The van der Waals surface area contributed by atoms with Crippen molar-refractivity contribution in [1.29, 1.82) is 0 Å². The standard InChI is InChI=1S/C9H17NO4/c1-4-12-8-6-7(10(3)14-8)9(11)13-5-2/h7-8H,4-6H2,1-3H3/t7-,8+/m0/s1. The summed E-state index contributed by atoms with van der Waals surface area (Å²) in [5, 5.41) is 1.50. The SMILES string of the molecule is CCOC(=O)[C@@H]1C[C@H](OCC)ON1C. The van der Waals surface area contributed by atoms with Gasteiger partial charge in [-0.15, -0.1) is 0 Å². The summed E-state index contributed by atoms with van der Waals surface area (Å²) in [6, 6.07) is -0.341. The summed E-state index contributed by atoms with van der Waals surface area (Å²) in [7, 11) is 1.71. The van der Waals surface area contributed by atoms with Crippen LogP contribution in [0.2, 0.25) is 0 Å². The zero-order valence-electron chi connectivity index (χ0n) is 8.86.